The summed E-state index contributed by atoms with van der Waals surface area (Å²) >= 11 is 0. The van der Waals surface area contributed by atoms with E-state index in [4.69, 9.17) is 5.73 Å². The van der Waals surface area contributed by atoms with Crippen LogP contribution < -0.4 is 11.1 Å². The van der Waals surface area contributed by atoms with E-state index in [1.54, 1.807) is 0 Å². The molecule has 14 heavy (non-hydrogen) atoms. The second-order valence-electron chi connectivity index (χ2n) is 4.67. The van der Waals surface area contributed by atoms with Crippen LogP contribution in [0.2, 0.25) is 0 Å². The molecule has 84 valence electrons. The number of nitrogens with two attached hydrogens (primary N) is 1. The lowest BCUT2D eigenvalue weighted by molar-refractivity contribution is 0.317. The van der Waals surface area contributed by atoms with Crippen molar-refractivity contribution in [2.24, 2.45) is 5.73 Å². The summed E-state index contributed by atoms with van der Waals surface area (Å²) in [5.74, 6) is 0. The molecule has 0 aliphatic heterocycles. The molecule has 0 aromatic carbocycles. The molecule has 3 heteroatoms. The maximum absolute atomic E-state index is 6.05. The fourth-order valence-corrected chi connectivity index (χ4v) is 2.10. The van der Waals surface area contributed by atoms with Crippen LogP contribution in [0.25, 0.3) is 0 Å². The summed E-state index contributed by atoms with van der Waals surface area (Å²) < 4.78 is 0. The van der Waals surface area contributed by atoms with E-state index in [2.05, 4.69) is 24.3 Å². The molecule has 0 unspecified atom stereocenters. The second kappa shape index (κ2) is 6.38. The van der Waals surface area contributed by atoms with Gasteiger partial charge in [-0.25, -0.2) is 0 Å². The van der Waals surface area contributed by atoms with Gasteiger partial charge in [0.1, 0.15) is 0 Å². The highest BCUT2D eigenvalue weighted by atomic mass is 15.1. The fourth-order valence-electron chi connectivity index (χ4n) is 2.10. The number of hydrogen-bond donors (Lipinski definition) is 2. The first-order valence-corrected chi connectivity index (χ1v) is 5.84. The van der Waals surface area contributed by atoms with Gasteiger partial charge in [-0.2, -0.15) is 0 Å². The van der Waals surface area contributed by atoms with Gasteiger partial charge in [0.25, 0.3) is 0 Å². The summed E-state index contributed by atoms with van der Waals surface area (Å²) in [6.07, 6.45) is 6.35. The van der Waals surface area contributed by atoms with E-state index in [0.717, 1.165) is 13.1 Å². The molecule has 0 saturated heterocycles. The SMILES string of the molecule is CN(C)CCCN[C@H]1CCCC[C@H]1N. The Kier molecular flexibility index (Phi) is 5.45. The third-order valence-electron chi connectivity index (χ3n) is 3.01. The van der Waals surface area contributed by atoms with E-state index in [1.165, 1.54) is 32.1 Å². The molecule has 1 aliphatic carbocycles. The van der Waals surface area contributed by atoms with E-state index in [1.807, 2.05) is 0 Å². The lowest BCUT2D eigenvalue weighted by Gasteiger charge is -2.29. The molecular formula is C11H25N3. The normalized spacial score (nSPS) is 28.3. The third-order valence-corrected chi connectivity index (χ3v) is 3.01. The molecule has 1 rings (SSSR count). The monoisotopic (exact) mass is 199 g/mol. The number of nitrogens with one attached hydrogen (secondary N) is 1. The van der Waals surface area contributed by atoms with E-state index in [9.17, 15) is 0 Å². The predicted molar refractivity (Wildman–Crippen MR) is 61.4 cm³/mol. The van der Waals surface area contributed by atoms with Crippen molar-refractivity contribution in [3.63, 3.8) is 0 Å². The molecule has 0 amide bonds. The van der Waals surface area contributed by atoms with Gasteiger partial charge in [-0.1, -0.05) is 12.8 Å². The lowest BCUT2D eigenvalue weighted by atomic mass is 9.91. The Morgan fingerprint density at radius 1 is 1.29 bits per heavy atom. The van der Waals surface area contributed by atoms with Gasteiger partial charge in [-0.3, -0.25) is 0 Å². The molecule has 0 spiro atoms. The van der Waals surface area contributed by atoms with Crippen molar-refractivity contribution in [1.82, 2.24) is 10.2 Å². The maximum Gasteiger partial charge on any atom is 0.0219 e. The quantitative estimate of drug-likeness (QED) is 0.644. The van der Waals surface area contributed by atoms with Crippen LogP contribution in [0.5, 0.6) is 0 Å². The van der Waals surface area contributed by atoms with E-state index in [-0.39, 0.29) is 0 Å². The van der Waals surface area contributed by atoms with Crippen LogP contribution in [0.3, 0.4) is 0 Å². The minimum atomic E-state index is 0.392. The van der Waals surface area contributed by atoms with Crippen molar-refractivity contribution in [2.75, 3.05) is 27.2 Å². The minimum absolute atomic E-state index is 0.392. The molecular weight excluding hydrogens is 174 g/mol. The summed E-state index contributed by atoms with van der Waals surface area (Å²) in [4.78, 5) is 2.22. The largest absolute Gasteiger partial charge is 0.326 e. The van der Waals surface area contributed by atoms with Gasteiger partial charge in [0.05, 0.1) is 0 Å². The van der Waals surface area contributed by atoms with Crippen molar-refractivity contribution in [2.45, 2.75) is 44.2 Å². The molecule has 0 bridgehead atoms. The molecule has 3 nitrogen and oxygen atoms in total. The summed E-state index contributed by atoms with van der Waals surface area (Å²) in [6.45, 7) is 2.27. The van der Waals surface area contributed by atoms with Gasteiger partial charge in [0, 0.05) is 12.1 Å². The molecule has 2 atom stereocenters. The van der Waals surface area contributed by atoms with Crippen molar-refractivity contribution in [3.8, 4) is 0 Å². The highest BCUT2D eigenvalue weighted by molar-refractivity contribution is 4.83. The summed E-state index contributed by atoms with van der Waals surface area (Å²) in [5.41, 5.74) is 6.05. The molecule has 1 saturated carbocycles. The van der Waals surface area contributed by atoms with Crippen LogP contribution in [0.15, 0.2) is 0 Å². The lowest BCUT2D eigenvalue weighted by Crippen LogP contribution is -2.47. The van der Waals surface area contributed by atoms with Crippen molar-refractivity contribution in [3.05, 3.63) is 0 Å². The van der Waals surface area contributed by atoms with Gasteiger partial charge < -0.3 is 16.0 Å². The number of hydrogen-bond acceptors (Lipinski definition) is 3. The molecule has 0 aromatic rings. The topological polar surface area (TPSA) is 41.3 Å². The Morgan fingerprint density at radius 2 is 2.00 bits per heavy atom. The van der Waals surface area contributed by atoms with Gasteiger partial charge in [0.2, 0.25) is 0 Å². The first-order chi connectivity index (χ1) is 6.70. The Morgan fingerprint density at radius 3 is 2.64 bits per heavy atom. The summed E-state index contributed by atoms with van der Waals surface area (Å²) in [6, 6.07) is 0.967. The Balaban J connectivity index is 2.04. The molecule has 0 radical (unpaired) electrons. The van der Waals surface area contributed by atoms with Crippen LogP contribution in [-0.4, -0.2) is 44.2 Å². The smallest absolute Gasteiger partial charge is 0.0219 e. The van der Waals surface area contributed by atoms with E-state index >= 15 is 0 Å². The van der Waals surface area contributed by atoms with Crippen LogP contribution >= 0.6 is 0 Å². The number of nitrogens with zero attached hydrogens (tertiary/aromatic N) is 1. The van der Waals surface area contributed by atoms with Gasteiger partial charge in [0.15, 0.2) is 0 Å². The van der Waals surface area contributed by atoms with Crippen LogP contribution in [0, 0.1) is 0 Å². The maximum atomic E-state index is 6.05. The molecule has 3 N–H and O–H groups in total. The van der Waals surface area contributed by atoms with Gasteiger partial charge in [-0.05, 0) is 46.4 Å². The van der Waals surface area contributed by atoms with Crippen LogP contribution in [0.1, 0.15) is 32.1 Å². The molecule has 0 heterocycles. The molecule has 1 aliphatic rings. The second-order valence-corrected chi connectivity index (χ2v) is 4.67. The fraction of sp³-hybridized carbons (Fsp3) is 1.00. The zero-order valence-corrected chi connectivity index (χ0v) is 9.63. The number of rotatable bonds is 5. The predicted octanol–water partition coefficient (Wildman–Crippen LogP) is 0.798. The summed E-state index contributed by atoms with van der Waals surface area (Å²) in [7, 11) is 4.23. The Bertz CT molecular complexity index is 147. The first-order valence-electron chi connectivity index (χ1n) is 5.84. The highest BCUT2D eigenvalue weighted by Gasteiger charge is 2.20. The third kappa shape index (κ3) is 4.40. The van der Waals surface area contributed by atoms with Crippen molar-refractivity contribution < 1.29 is 0 Å². The van der Waals surface area contributed by atoms with Crippen LogP contribution in [-0.2, 0) is 0 Å². The van der Waals surface area contributed by atoms with Crippen molar-refractivity contribution in [1.29, 1.82) is 0 Å². The highest BCUT2D eigenvalue weighted by Crippen LogP contribution is 2.16. The Hall–Kier alpha value is -0.120. The van der Waals surface area contributed by atoms with Crippen molar-refractivity contribution >= 4 is 0 Å². The van der Waals surface area contributed by atoms with E-state index < -0.39 is 0 Å². The van der Waals surface area contributed by atoms with E-state index in [0.29, 0.717) is 12.1 Å². The average Bonchev–Trinajstić information content (AvgIpc) is 2.15. The minimum Gasteiger partial charge on any atom is -0.326 e. The zero-order chi connectivity index (χ0) is 10.4. The Labute approximate surface area is 88.0 Å². The zero-order valence-electron chi connectivity index (χ0n) is 9.63. The molecule has 1 fully saturated rings. The molecule has 0 aromatic heterocycles. The van der Waals surface area contributed by atoms with Crippen LogP contribution in [0.4, 0.5) is 0 Å². The average molecular weight is 199 g/mol. The standard InChI is InChI=1S/C11H25N3/c1-14(2)9-5-8-13-11-7-4-3-6-10(11)12/h10-11,13H,3-9,12H2,1-2H3/t10-,11+/m1/s1. The first kappa shape index (κ1) is 12.0. The van der Waals surface area contributed by atoms with Gasteiger partial charge in [-0.15, -0.1) is 0 Å². The summed E-state index contributed by atoms with van der Waals surface area (Å²) in [5, 5.41) is 3.58. The van der Waals surface area contributed by atoms with Gasteiger partial charge >= 0.3 is 0 Å².